The van der Waals surface area contributed by atoms with Crippen molar-refractivity contribution in [1.29, 1.82) is 0 Å². The fourth-order valence-corrected chi connectivity index (χ4v) is 2.93. The number of rotatable bonds is 7. The normalized spacial score (nSPS) is 10.6. The van der Waals surface area contributed by atoms with Gasteiger partial charge in [-0.15, -0.1) is 0 Å². The molecular weight excluding hydrogens is 433 g/mol. The van der Waals surface area contributed by atoms with E-state index in [1.54, 1.807) is 26.5 Å². The molecule has 0 radical (unpaired) electrons. The Labute approximate surface area is 160 Å². The first-order chi connectivity index (χ1) is 12.0. The summed E-state index contributed by atoms with van der Waals surface area (Å²) >= 11 is 2.16. The van der Waals surface area contributed by atoms with Gasteiger partial charge in [0.1, 0.15) is 0 Å². The van der Waals surface area contributed by atoms with E-state index in [1.807, 2.05) is 37.3 Å². The Morgan fingerprint density at radius 1 is 1.20 bits per heavy atom. The van der Waals surface area contributed by atoms with Crippen molar-refractivity contribution in [3.8, 4) is 11.5 Å². The van der Waals surface area contributed by atoms with Crippen LogP contribution in [0.15, 0.2) is 41.5 Å². The molecule has 0 aliphatic carbocycles. The van der Waals surface area contributed by atoms with Gasteiger partial charge >= 0.3 is 0 Å². The van der Waals surface area contributed by atoms with E-state index in [1.165, 1.54) is 5.56 Å². The molecule has 0 saturated carbocycles. The van der Waals surface area contributed by atoms with Crippen LogP contribution >= 0.6 is 22.6 Å². The topological polar surface area (TPSA) is 72.0 Å². The van der Waals surface area contributed by atoms with Gasteiger partial charge in [0.25, 0.3) is 5.91 Å². The second kappa shape index (κ2) is 9.26. The van der Waals surface area contributed by atoms with Crippen molar-refractivity contribution in [3.05, 3.63) is 51.1 Å². The largest absolute Gasteiger partial charge is 0.493 e. The zero-order chi connectivity index (χ0) is 18.2. The molecule has 0 fully saturated rings. The molecule has 0 unspecified atom stereocenters. The van der Waals surface area contributed by atoms with Crippen LogP contribution in [0.2, 0.25) is 0 Å². The number of nitrogens with zero attached hydrogens (tertiary/aromatic N) is 1. The first-order valence-electron chi connectivity index (χ1n) is 7.57. The van der Waals surface area contributed by atoms with Crippen LogP contribution in [0, 0.1) is 10.5 Å². The number of hydrazone groups is 1. The molecule has 2 rings (SSSR count). The van der Waals surface area contributed by atoms with Gasteiger partial charge in [-0.25, -0.2) is 5.43 Å². The molecule has 25 heavy (non-hydrogen) atoms. The third kappa shape index (κ3) is 5.63. The highest BCUT2D eigenvalue weighted by Gasteiger charge is 2.09. The monoisotopic (exact) mass is 453 g/mol. The molecular formula is C18H20IN3O3. The SMILES string of the molecule is COc1cc(/C=N\NC(=O)CNc2ccc(C)cc2)cc(I)c1OC. The van der Waals surface area contributed by atoms with Crippen LogP contribution in [0.25, 0.3) is 0 Å². The molecule has 0 heterocycles. The van der Waals surface area contributed by atoms with Crippen LogP contribution in [0.3, 0.4) is 0 Å². The number of carbonyl (C=O) groups excluding carboxylic acids is 1. The molecule has 1 amide bonds. The summed E-state index contributed by atoms with van der Waals surface area (Å²) in [5.74, 6) is 1.06. The second-order valence-electron chi connectivity index (χ2n) is 5.25. The van der Waals surface area contributed by atoms with Gasteiger partial charge in [-0.2, -0.15) is 5.10 Å². The van der Waals surface area contributed by atoms with Gasteiger partial charge in [-0.1, -0.05) is 17.7 Å². The highest BCUT2D eigenvalue weighted by Crippen LogP contribution is 2.32. The van der Waals surface area contributed by atoms with Gasteiger partial charge in [-0.3, -0.25) is 4.79 Å². The van der Waals surface area contributed by atoms with E-state index in [9.17, 15) is 4.79 Å². The smallest absolute Gasteiger partial charge is 0.259 e. The van der Waals surface area contributed by atoms with Crippen LogP contribution in [0.1, 0.15) is 11.1 Å². The molecule has 0 atom stereocenters. The molecule has 6 nitrogen and oxygen atoms in total. The number of carbonyl (C=O) groups is 1. The maximum Gasteiger partial charge on any atom is 0.259 e. The van der Waals surface area contributed by atoms with Crippen molar-refractivity contribution in [3.63, 3.8) is 0 Å². The van der Waals surface area contributed by atoms with Crippen LogP contribution < -0.4 is 20.2 Å². The standard InChI is InChI=1S/C18H20IN3O3/c1-12-4-6-14(7-5-12)20-11-17(23)22-21-10-13-8-15(19)18(25-3)16(9-13)24-2/h4-10,20H,11H2,1-3H3,(H,22,23)/b21-10-. The lowest BCUT2D eigenvalue weighted by Gasteiger charge is -2.10. The zero-order valence-corrected chi connectivity index (χ0v) is 16.5. The fourth-order valence-electron chi connectivity index (χ4n) is 2.08. The Bertz CT molecular complexity index is 761. The summed E-state index contributed by atoms with van der Waals surface area (Å²) in [6, 6.07) is 11.5. The quantitative estimate of drug-likeness (QED) is 0.384. The third-order valence-corrected chi connectivity index (χ3v) is 4.16. The average molecular weight is 453 g/mol. The molecule has 0 aliphatic rings. The van der Waals surface area contributed by atoms with Crippen LogP contribution in [0.4, 0.5) is 5.69 Å². The van der Waals surface area contributed by atoms with Gasteiger partial charge in [0.2, 0.25) is 0 Å². The fraction of sp³-hybridized carbons (Fsp3) is 0.222. The summed E-state index contributed by atoms with van der Waals surface area (Å²) in [7, 11) is 3.17. The predicted molar refractivity (Wildman–Crippen MR) is 108 cm³/mol. The molecule has 2 N–H and O–H groups in total. The molecule has 0 spiro atoms. The summed E-state index contributed by atoms with van der Waals surface area (Å²) in [6.07, 6.45) is 1.56. The van der Waals surface area contributed by atoms with Gasteiger partial charge in [0.15, 0.2) is 11.5 Å². The van der Waals surface area contributed by atoms with E-state index in [-0.39, 0.29) is 12.5 Å². The summed E-state index contributed by atoms with van der Waals surface area (Å²) in [5.41, 5.74) is 5.35. The van der Waals surface area contributed by atoms with E-state index < -0.39 is 0 Å². The van der Waals surface area contributed by atoms with Crippen molar-refractivity contribution in [2.45, 2.75) is 6.92 Å². The van der Waals surface area contributed by atoms with Crippen molar-refractivity contribution in [2.75, 3.05) is 26.1 Å². The Morgan fingerprint density at radius 3 is 2.56 bits per heavy atom. The van der Waals surface area contributed by atoms with Gasteiger partial charge in [0.05, 0.1) is 30.5 Å². The first-order valence-corrected chi connectivity index (χ1v) is 8.65. The number of hydrogen-bond acceptors (Lipinski definition) is 5. The third-order valence-electron chi connectivity index (χ3n) is 3.36. The number of anilines is 1. The second-order valence-corrected chi connectivity index (χ2v) is 6.41. The van der Waals surface area contributed by atoms with Crippen LogP contribution in [-0.4, -0.2) is 32.9 Å². The average Bonchev–Trinajstić information content (AvgIpc) is 2.60. The molecule has 0 saturated heterocycles. The molecule has 0 aliphatic heterocycles. The van der Waals surface area contributed by atoms with E-state index in [0.717, 1.165) is 14.8 Å². The van der Waals surface area contributed by atoms with E-state index in [4.69, 9.17) is 9.47 Å². The Hall–Kier alpha value is -2.29. The minimum Gasteiger partial charge on any atom is -0.493 e. The minimum absolute atomic E-state index is 0.143. The Kier molecular flexibility index (Phi) is 7.05. The lowest BCUT2D eigenvalue weighted by Crippen LogP contribution is -2.25. The van der Waals surface area contributed by atoms with Gasteiger partial charge in [-0.05, 0) is 59.3 Å². The summed E-state index contributed by atoms with van der Waals surface area (Å²) in [6.45, 7) is 2.16. The number of hydrogen-bond donors (Lipinski definition) is 2. The maximum absolute atomic E-state index is 11.8. The molecule has 132 valence electrons. The first kappa shape index (κ1) is 19.0. The molecule has 7 heteroatoms. The van der Waals surface area contributed by atoms with Crippen molar-refractivity contribution in [1.82, 2.24) is 5.43 Å². The lowest BCUT2D eigenvalue weighted by atomic mass is 10.2. The van der Waals surface area contributed by atoms with Crippen LogP contribution in [0.5, 0.6) is 11.5 Å². The summed E-state index contributed by atoms with van der Waals surface area (Å²) in [5, 5.41) is 7.01. The highest BCUT2D eigenvalue weighted by molar-refractivity contribution is 14.1. The van der Waals surface area contributed by atoms with Crippen molar-refractivity contribution >= 4 is 40.4 Å². The number of nitrogens with one attached hydrogen (secondary N) is 2. The van der Waals surface area contributed by atoms with E-state index in [0.29, 0.717) is 11.5 Å². The van der Waals surface area contributed by atoms with E-state index in [2.05, 4.69) is 38.4 Å². The number of ether oxygens (including phenoxy) is 2. The number of amides is 1. The lowest BCUT2D eigenvalue weighted by molar-refractivity contribution is -0.119. The summed E-state index contributed by atoms with van der Waals surface area (Å²) < 4.78 is 11.5. The van der Waals surface area contributed by atoms with E-state index >= 15 is 0 Å². The molecule has 2 aromatic carbocycles. The van der Waals surface area contributed by atoms with Crippen molar-refractivity contribution < 1.29 is 14.3 Å². The minimum atomic E-state index is -0.230. The summed E-state index contributed by atoms with van der Waals surface area (Å²) in [4.78, 5) is 11.8. The molecule has 2 aromatic rings. The number of benzene rings is 2. The Balaban J connectivity index is 1.90. The van der Waals surface area contributed by atoms with Crippen LogP contribution in [-0.2, 0) is 4.79 Å². The molecule has 0 bridgehead atoms. The number of aryl methyl sites for hydroxylation is 1. The zero-order valence-electron chi connectivity index (χ0n) is 14.3. The van der Waals surface area contributed by atoms with Gasteiger partial charge < -0.3 is 14.8 Å². The van der Waals surface area contributed by atoms with Crippen molar-refractivity contribution in [2.24, 2.45) is 5.10 Å². The predicted octanol–water partition coefficient (Wildman–Crippen LogP) is 3.18. The molecule has 0 aromatic heterocycles. The number of methoxy groups -OCH3 is 2. The highest BCUT2D eigenvalue weighted by atomic mass is 127. The Morgan fingerprint density at radius 2 is 1.92 bits per heavy atom. The maximum atomic E-state index is 11.8. The van der Waals surface area contributed by atoms with Gasteiger partial charge in [0, 0.05) is 5.69 Å². The number of halogens is 1.